The summed E-state index contributed by atoms with van der Waals surface area (Å²) in [5.74, 6) is -0.786. The molecular weight excluding hydrogens is 588 g/mol. The lowest BCUT2D eigenvalue weighted by atomic mass is 9.85. The van der Waals surface area contributed by atoms with Crippen LogP contribution in [0.25, 0.3) is 0 Å². The maximum atomic E-state index is 12.7. The number of hydrogen-bond acceptors (Lipinski definition) is 9. The summed E-state index contributed by atoms with van der Waals surface area (Å²) in [5, 5.41) is 47.1. The second-order valence-corrected chi connectivity index (χ2v) is 12.3. The van der Waals surface area contributed by atoms with Crippen LogP contribution in [0.5, 0.6) is 0 Å². The van der Waals surface area contributed by atoms with Crippen molar-refractivity contribution in [3.05, 3.63) is 89.5 Å². The summed E-state index contributed by atoms with van der Waals surface area (Å²) in [6.07, 6.45) is -0.473. The third kappa shape index (κ3) is 7.61. The monoisotopic (exact) mass is 628 g/mol. The molecule has 12 heteroatoms. The molecule has 3 amide bonds. The fourth-order valence-electron chi connectivity index (χ4n) is 6.29. The predicted molar refractivity (Wildman–Crippen MR) is 173 cm³/mol. The number of amides is 3. The Kier molecular flexibility index (Phi) is 9.73. The fourth-order valence-corrected chi connectivity index (χ4v) is 6.29. The van der Waals surface area contributed by atoms with Gasteiger partial charge < -0.3 is 47.2 Å². The molecule has 6 atom stereocenters. The Bertz CT molecular complexity index is 1350. The highest BCUT2D eigenvalue weighted by Crippen LogP contribution is 2.34. The molecule has 242 valence electrons. The second-order valence-electron chi connectivity index (χ2n) is 12.3. The van der Waals surface area contributed by atoms with E-state index in [1.807, 2.05) is 72.8 Å². The average molecular weight is 629 g/mol. The van der Waals surface area contributed by atoms with Gasteiger partial charge in [0.2, 0.25) is 17.7 Å². The van der Waals surface area contributed by atoms with E-state index >= 15 is 0 Å². The SMILES string of the molecule is O=C(Nc1ccc(C(c2ccc(NC(=O)[C@@H]3CC(O)CN3)cc2)c2ccc(NC(=O)[C@@H]3CC(O)CN3)cc2)cc1)[C@@H]1CC(O)CN1. The zero-order chi connectivity index (χ0) is 32.2. The van der Waals surface area contributed by atoms with Crippen LogP contribution in [0, 0.1) is 0 Å². The van der Waals surface area contributed by atoms with Crippen LogP contribution in [-0.2, 0) is 14.4 Å². The van der Waals surface area contributed by atoms with Crippen LogP contribution in [0.4, 0.5) is 17.1 Å². The minimum absolute atomic E-state index is 0.194. The molecule has 3 saturated heterocycles. The first-order valence-electron chi connectivity index (χ1n) is 15.7. The van der Waals surface area contributed by atoms with Crippen LogP contribution in [0.3, 0.4) is 0 Å². The molecule has 3 aromatic rings. The topological polar surface area (TPSA) is 184 Å². The van der Waals surface area contributed by atoms with Crippen molar-refractivity contribution in [3.63, 3.8) is 0 Å². The van der Waals surface area contributed by atoms with Crippen molar-refractivity contribution >= 4 is 34.8 Å². The second kappa shape index (κ2) is 14.1. The predicted octanol–water partition coefficient (Wildman–Crippen LogP) is 0.851. The molecule has 6 rings (SSSR count). The molecule has 3 unspecified atom stereocenters. The lowest BCUT2D eigenvalue weighted by molar-refractivity contribution is -0.118. The zero-order valence-corrected chi connectivity index (χ0v) is 25.3. The highest BCUT2D eigenvalue weighted by atomic mass is 16.3. The molecule has 9 N–H and O–H groups in total. The molecule has 3 heterocycles. The van der Waals surface area contributed by atoms with Crippen molar-refractivity contribution in [2.75, 3.05) is 35.6 Å². The van der Waals surface area contributed by atoms with E-state index in [0.29, 0.717) is 56.0 Å². The number of aliphatic hydroxyl groups excluding tert-OH is 3. The maximum absolute atomic E-state index is 12.7. The van der Waals surface area contributed by atoms with Crippen molar-refractivity contribution < 1.29 is 29.7 Å². The van der Waals surface area contributed by atoms with Crippen LogP contribution >= 0.6 is 0 Å². The van der Waals surface area contributed by atoms with Gasteiger partial charge in [0.15, 0.2) is 0 Å². The van der Waals surface area contributed by atoms with Crippen molar-refractivity contribution in [2.24, 2.45) is 0 Å². The molecular formula is C34H40N6O6. The van der Waals surface area contributed by atoms with Crippen molar-refractivity contribution in [3.8, 4) is 0 Å². The first-order chi connectivity index (χ1) is 22.2. The van der Waals surface area contributed by atoms with E-state index in [1.165, 1.54) is 0 Å². The van der Waals surface area contributed by atoms with Gasteiger partial charge in [-0.3, -0.25) is 14.4 Å². The molecule has 0 radical (unpaired) electrons. The van der Waals surface area contributed by atoms with Crippen molar-refractivity contribution in [1.82, 2.24) is 16.0 Å². The minimum Gasteiger partial charge on any atom is -0.392 e. The summed E-state index contributed by atoms with van der Waals surface area (Å²) >= 11 is 0. The third-order valence-electron chi connectivity index (χ3n) is 8.81. The van der Waals surface area contributed by atoms with Gasteiger partial charge in [0.25, 0.3) is 0 Å². The maximum Gasteiger partial charge on any atom is 0.241 e. The number of carbonyl (C=O) groups excluding carboxylic acids is 3. The highest BCUT2D eigenvalue weighted by molar-refractivity contribution is 5.96. The first kappa shape index (κ1) is 31.8. The summed E-state index contributed by atoms with van der Waals surface area (Å²) < 4.78 is 0. The normalized spacial score (nSPS) is 26.4. The molecule has 46 heavy (non-hydrogen) atoms. The summed E-state index contributed by atoms with van der Waals surface area (Å²) in [7, 11) is 0. The van der Waals surface area contributed by atoms with Gasteiger partial charge in [0.1, 0.15) is 0 Å². The molecule has 3 aliphatic rings. The largest absolute Gasteiger partial charge is 0.392 e. The van der Waals surface area contributed by atoms with E-state index < -0.39 is 36.4 Å². The number of carbonyl (C=O) groups is 3. The van der Waals surface area contributed by atoms with Gasteiger partial charge in [0, 0.05) is 42.6 Å². The Hall–Kier alpha value is -4.17. The molecule has 0 saturated carbocycles. The highest BCUT2D eigenvalue weighted by Gasteiger charge is 2.30. The zero-order valence-electron chi connectivity index (χ0n) is 25.3. The molecule has 3 aromatic carbocycles. The van der Waals surface area contributed by atoms with Crippen LogP contribution < -0.4 is 31.9 Å². The average Bonchev–Trinajstić information content (AvgIpc) is 3.81. The van der Waals surface area contributed by atoms with Gasteiger partial charge in [-0.05, 0) is 72.4 Å². The standard InChI is InChI=1S/C34H40N6O6/c41-25-13-28(35-16-25)32(44)38-22-7-1-19(2-8-22)31(20-3-9-23(10-4-20)39-33(45)29-14-26(42)17-36-29)21-5-11-24(12-6-21)40-34(46)30-15-27(43)18-37-30/h1-12,25-31,35-37,41-43H,13-18H2,(H,38,44)(H,39,45)(H,40,46)/t25?,26?,27?,28-,29-,30-,31?/m0/s1. The molecule has 12 nitrogen and oxygen atoms in total. The van der Waals surface area contributed by atoms with Crippen LogP contribution in [0.1, 0.15) is 41.9 Å². The Morgan fingerprint density at radius 2 is 0.761 bits per heavy atom. The summed E-state index contributed by atoms with van der Waals surface area (Å²) in [6, 6.07) is 21.5. The number of hydrogen-bond donors (Lipinski definition) is 9. The summed E-state index contributed by atoms with van der Waals surface area (Å²) in [5.41, 5.74) is 4.83. The van der Waals surface area contributed by atoms with Crippen LogP contribution in [-0.4, -0.2) is 89.1 Å². The quantitative estimate of drug-likeness (QED) is 0.155. The van der Waals surface area contributed by atoms with E-state index in [-0.39, 0.29) is 23.6 Å². The van der Waals surface area contributed by atoms with E-state index in [1.54, 1.807) is 0 Å². The number of rotatable bonds is 9. The van der Waals surface area contributed by atoms with Gasteiger partial charge >= 0.3 is 0 Å². The van der Waals surface area contributed by atoms with Crippen molar-refractivity contribution in [1.29, 1.82) is 0 Å². The van der Waals surface area contributed by atoms with Gasteiger partial charge in [-0.15, -0.1) is 0 Å². The molecule has 0 spiro atoms. The minimum atomic E-state index is -0.530. The van der Waals surface area contributed by atoms with E-state index in [4.69, 9.17) is 0 Å². The molecule has 0 aliphatic carbocycles. The number of β-amino-alcohol motifs (C(OH)–C–C–N with tert-alkyl or cyclic N) is 3. The Labute approximate surface area is 267 Å². The van der Waals surface area contributed by atoms with Gasteiger partial charge in [0.05, 0.1) is 36.4 Å². The van der Waals surface area contributed by atoms with E-state index in [2.05, 4.69) is 31.9 Å². The van der Waals surface area contributed by atoms with Crippen molar-refractivity contribution in [2.45, 2.75) is 61.6 Å². The Morgan fingerprint density at radius 1 is 0.500 bits per heavy atom. The third-order valence-corrected chi connectivity index (χ3v) is 8.81. The molecule has 0 bridgehead atoms. The van der Waals surface area contributed by atoms with Gasteiger partial charge in [-0.1, -0.05) is 36.4 Å². The van der Waals surface area contributed by atoms with Crippen LogP contribution in [0.2, 0.25) is 0 Å². The smallest absolute Gasteiger partial charge is 0.241 e. The van der Waals surface area contributed by atoms with E-state index in [9.17, 15) is 29.7 Å². The number of nitrogens with one attached hydrogen (secondary N) is 6. The summed E-state index contributed by atoms with van der Waals surface area (Å²) in [4.78, 5) is 38.0. The van der Waals surface area contributed by atoms with Gasteiger partial charge in [-0.25, -0.2) is 0 Å². The fraction of sp³-hybridized carbons (Fsp3) is 0.382. The molecule has 3 fully saturated rings. The number of anilines is 3. The first-order valence-corrected chi connectivity index (χ1v) is 15.7. The Morgan fingerprint density at radius 3 is 0.978 bits per heavy atom. The lowest BCUT2D eigenvalue weighted by Crippen LogP contribution is -2.35. The molecule has 0 aromatic heterocycles. The number of aliphatic hydroxyl groups is 3. The number of benzene rings is 3. The van der Waals surface area contributed by atoms with E-state index in [0.717, 1.165) is 16.7 Å². The summed E-state index contributed by atoms with van der Waals surface area (Å²) in [6.45, 7) is 1.18. The molecule has 3 aliphatic heterocycles. The van der Waals surface area contributed by atoms with Crippen LogP contribution in [0.15, 0.2) is 72.8 Å². The van der Waals surface area contributed by atoms with Gasteiger partial charge in [-0.2, -0.15) is 0 Å². The lowest BCUT2D eigenvalue weighted by Gasteiger charge is -2.21. The Balaban J connectivity index is 1.20.